The summed E-state index contributed by atoms with van der Waals surface area (Å²) >= 11 is 1.53. The highest BCUT2D eigenvalue weighted by molar-refractivity contribution is 7.19. The van der Waals surface area contributed by atoms with Crippen molar-refractivity contribution < 1.29 is 14.2 Å². The minimum atomic E-state index is 0.213. The van der Waals surface area contributed by atoms with Crippen molar-refractivity contribution in [1.82, 2.24) is 24.9 Å². The van der Waals surface area contributed by atoms with E-state index in [1.165, 1.54) is 11.3 Å². The summed E-state index contributed by atoms with van der Waals surface area (Å²) in [5, 5.41) is 9.01. The van der Waals surface area contributed by atoms with Crippen molar-refractivity contribution in [2.24, 2.45) is 0 Å². The molecule has 0 atom stereocenters. The zero-order valence-corrected chi connectivity index (χ0v) is 18.2. The Morgan fingerprint density at radius 1 is 0.968 bits per heavy atom. The Morgan fingerprint density at radius 3 is 2.55 bits per heavy atom. The fraction of sp³-hybridized carbons (Fsp3) is 0.318. The summed E-state index contributed by atoms with van der Waals surface area (Å²) in [6, 6.07) is 9.74. The molecule has 0 bridgehead atoms. The summed E-state index contributed by atoms with van der Waals surface area (Å²) < 4.78 is 18.8. The van der Waals surface area contributed by atoms with Gasteiger partial charge in [-0.25, -0.2) is 14.5 Å². The monoisotopic (exact) mass is 437 g/mol. The van der Waals surface area contributed by atoms with Crippen LogP contribution in [0.5, 0.6) is 17.4 Å². The molecule has 0 amide bonds. The van der Waals surface area contributed by atoms with Crippen molar-refractivity contribution in [3.63, 3.8) is 0 Å². The number of fused-ring (bicyclic) bond motifs is 1. The van der Waals surface area contributed by atoms with Gasteiger partial charge in [0.15, 0.2) is 11.5 Å². The van der Waals surface area contributed by atoms with Crippen molar-refractivity contribution in [3.8, 4) is 39.2 Å². The van der Waals surface area contributed by atoms with Crippen LogP contribution in [0, 0.1) is 0 Å². The predicted molar refractivity (Wildman–Crippen MR) is 119 cm³/mol. The lowest BCUT2D eigenvalue weighted by molar-refractivity contribution is 0.157. The number of piperidine rings is 1. The summed E-state index contributed by atoms with van der Waals surface area (Å²) in [5.74, 6) is 2.05. The molecule has 0 saturated carbocycles. The van der Waals surface area contributed by atoms with Gasteiger partial charge in [0.25, 0.3) is 0 Å². The number of pyridine rings is 1. The molecule has 160 valence electrons. The molecule has 3 aromatic heterocycles. The summed E-state index contributed by atoms with van der Waals surface area (Å²) in [4.78, 5) is 9.62. The first-order valence-electron chi connectivity index (χ1n) is 10.2. The van der Waals surface area contributed by atoms with Gasteiger partial charge in [-0.1, -0.05) is 11.3 Å². The third-order valence-electron chi connectivity index (χ3n) is 5.32. The minimum Gasteiger partial charge on any atom is -0.493 e. The number of hydrogen-bond donors (Lipinski definition) is 1. The first kappa shape index (κ1) is 19.8. The fourth-order valence-corrected chi connectivity index (χ4v) is 4.52. The number of rotatable bonds is 6. The SMILES string of the molecule is COc1ccc(-c2cnc3sc(-c4ccc(OC5CCNCC5)c(OC)c4)nn23)cn1. The Morgan fingerprint density at radius 2 is 1.81 bits per heavy atom. The lowest BCUT2D eigenvalue weighted by Gasteiger charge is -2.24. The molecule has 4 aromatic rings. The lowest BCUT2D eigenvalue weighted by Crippen LogP contribution is -2.34. The second-order valence-corrected chi connectivity index (χ2v) is 8.22. The maximum absolute atomic E-state index is 6.19. The molecule has 8 nitrogen and oxygen atoms in total. The maximum atomic E-state index is 6.19. The average molecular weight is 438 g/mol. The van der Waals surface area contributed by atoms with Gasteiger partial charge >= 0.3 is 0 Å². The second-order valence-electron chi connectivity index (χ2n) is 7.27. The van der Waals surface area contributed by atoms with Gasteiger partial charge in [-0.15, -0.1) is 0 Å². The largest absolute Gasteiger partial charge is 0.493 e. The molecule has 31 heavy (non-hydrogen) atoms. The number of nitrogens with zero attached hydrogens (tertiary/aromatic N) is 4. The highest BCUT2D eigenvalue weighted by atomic mass is 32.1. The third-order valence-corrected chi connectivity index (χ3v) is 6.29. The number of methoxy groups -OCH3 is 2. The number of nitrogens with one attached hydrogen (secondary N) is 1. The maximum Gasteiger partial charge on any atom is 0.213 e. The van der Waals surface area contributed by atoms with Crippen LogP contribution in [0.15, 0.2) is 42.7 Å². The van der Waals surface area contributed by atoms with Crippen LogP contribution in [0.3, 0.4) is 0 Å². The van der Waals surface area contributed by atoms with E-state index in [-0.39, 0.29) is 6.10 Å². The van der Waals surface area contributed by atoms with Crippen LogP contribution in [0.4, 0.5) is 0 Å². The minimum absolute atomic E-state index is 0.213. The molecule has 5 rings (SSSR count). The van der Waals surface area contributed by atoms with E-state index >= 15 is 0 Å². The Labute approximate surface area is 183 Å². The molecule has 9 heteroatoms. The first-order valence-corrected chi connectivity index (χ1v) is 11.0. The number of imidazole rings is 1. The Bertz CT molecular complexity index is 1180. The van der Waals surface area contributed by atoms with Crippen LogP contribution in [-0.2, 0) is 0 Å². The van der Waals surface area contributed by atoms with E-state index in [0.717, 1.165) is 58.5 Å². The smallest absolute Gasteiger partial charge is 0.213 e. The van der Waals surface area contributed by atoms with Gasteiger partial charge in [-0.2, -0.15) is 5.10 Å². The summed E-state index contributed by atoms with van der Waals surface area (Å²) in [6.45, 7) is 1.96. The molecule has 1 aliphatic heterocycles. The summed E-state index contributed by atoms with van der Waals surface area (Å²) in [6.07, 6.45) is 5.78. The Balaban J connectivity index is 1.44. The molecule has 0 radical (unpaired) electrons. The highest BCUT2D eigenvalue weighted by Gasteiger charge is 2.19. The van der Waals surface area contributed by atoms with Crippen LogP contribution < -0.4 is 19.5 Å². The zero-order chi connectivity index (χ0) is 21.2. The summed E-state index contributed by atoms with van der Waals surface area (Å²) in [7, 11) is 3.26. The Kier molecular flexibility index (Phi) is 5.44. The molecule has 0 aliphatic carbocycles. The van der Waals surface area contributed by atoms with Crippen molar-refractivity contribution >= 4 is 16.3 Å². The van der Waals surface area contributed by atoms with Crippen molar-refractivity contribution in [1.29, 1.82) is 0 Å². The molecule has 0 unspecified atom stereocenters. The molecular formula is C22H23N5O3S. The van der Waals surface area contributed by atoms with Gasteiger partial charge in [0, 0.05) is 23.4 Å². The number of hydrogen-bond acceptors (Lipinski definition) is 8. The van der Waals surface area contributed by atoms with Gasteiger partial charge in [-0.3, -0.25) is 0 Å². The number of aromatic nitrogens is 4. The average Bonchev–Trinajstić information content (AvgIpc) is 3.41. The first-order chi connectivity index (χ1) is 15.2. The standard InChI is InChI=1S/C22H23N5O3S/c1-28-19-11-14(3-5-18(19)30-16-7-9-23-10-8-16)21-26-27-17(13-25-22(27)31-21)15-4-6-20(29-2)24-12-15/h3-6,11-13,16,23H,7-10H2,1-2H3. The van der Waals surface area contributed by atoms with Gasteiger partial charge < -0.3 is 19.5 Å². The van der Waals surface area contributed by atoms with Crippen LogP contribution >= 0.6 is 11.3 Å². The van der Waals surface area contributed by atoms with Crippen molar-refractivity contribution in [2.75, 3.05) is 27.3 Å². The third kappa shape index (κ3) is 3.94. The van der Waals surface area contributed by atoms with Crippen molar-refractivity contribution in [2.45, 2.75) is 18.9 Å². The molecule has 1 aliphatic rings. The van der Waals surface area contributed by atoms with Crippen LogP contribution in [0.1, 0.15) is 12.8 Å². The van der Waals surface area contributed by atoms with Gasteiger partial charge in [-0.05, 0) is 50.2 Å². The normalized spacial score (nSPS) is 14.6. The Hall–Kier alpha value is -3.17. The lowest BCUT2D eigenvalue weighted by atomic mass is 10.1. The summed E-state index contributed by atoms with van der Waals surface area (Å²) in [5.41, 5.74) is 2.77. The molecule has 1 N–H and O–H groups in total. The molecule has 4 heterocycles. The van der Waals surface area contributed by atoms with Gasteiger partial charge in [0.1, 0.15) is 11.1 Å². The van der Waals surface area contributed by atoms with Crippen molar-refractivity contribution in [3.05, 3.63) is 42.7 Å². The van der Waals surface area contributed by atoms with Crippen LogP contribution in [0.2, 0.25) is 0 Å². The van der Waals surface area contributed by atoms with Gasteiger partial charge in [0.05, 0.1) is 26.1 Å². The van der Waals surface area contributed by atoms with E-state index in [9.17, 15) is 0 Å². The predicted octanol–water partition coefficient (Wildman–Crippen LogP) is 3.67. The van der Waals surface area contributed by atoms with E-state index < -0.39 is 0 Å². The molecule has 0 spiro atoms. The van der Waals surface area contributed by atoms with E-state index in [2.05, 4.69) is 15.3 Å². The van der Waals surface area contributed by atoms with E-state index in [1.807, 2.05) is 41.0 Å². The number of ether oxygens (including phenoxy) is 3. The van der Waals surface area contributed by atoms with E-state index in [4.69, 9.17) is 19.3 Å². The topological polar surface area (TPSA) is 82.8 Å². The van der Waals surface area contributed by atoms with Gasteiger partial charge in [0.2, 0.25) is 10.8 Å². The zero-order valence-electron chi connectivity index (χ0n) is 17.4. The van der Waals surface area contributed by atoms with Crippen LogP contribution in [0.25, 0.3) is 26.8 Å². The second kappa shape index (κ2) is 8.52. The molecule has 1 aromatic carbocycles. The quantitative estimate of drug-likeness (QED) is 0.493. The number of benzene rings is 1. The molecular weight excluding hydrogens is 414 g/mol. The molecule has 1 saturated heterocycles. The van der Waals surface area contributed by atoms with E-state index in [1.54, 1.807) is 20.4 Å². The highest BCUT2D eigenvalue weighted by Crippen LogP contribution is 2.36. The fourth-order valence-electron chi connectivity index (χ4n) is 3.65. The van der Waals surface area contributed by atoms with Crippen LogP contribution in [-0.4, -0.2) is 53.0 Å². The van der Waals surface area contributed by atoms with E-state index in [0.29, 0.717) is 11.6 Å². The molecule has 1 fully saturated rings.